The molecule has 6 nitrogen and oxygen atoms in total. The topological polar surface area (TPSA) is 88.0 Å². The number of aliphatic hydroxyl groups excluding tert-OH is 2. The fourth-order valence-electron chi connectivity index (χ4n) is 3.47. The summed E-state index contributed by atoms with van der Waals surface area (Å²) in [5.74, 6) is 0.0828. The van der Waals surface area contributed by atoms with Gasteiger partial charge in [0.15, 0.2) is 6.10 Å². The fraction of sp³-hybridized carbons (Fsp3) is 0.296. The first-order valence-electron chi connectivity index (χ1n) is 11.0. The molecule has 3 aromatic carbocycles. The van der Waals surface area contributed by atoms with Gasteiger partial charge in [0.25, 0.3) is 0 Å². The van der Waals surface area contributed by atoms with Gasteiger partial charge in [0, 0.05) is 12.6 Å². The second-order valence-corrected chi connectivity index (χ2v) is 8.04. The van der Waals surface area contributed by atoms with Crippen molar-refractivity contribution in [2.24, 2.45) is 0 Å². The summed E-state index contributed by atoms with van der Waals surface area (Å²) in [4.78, 5) is 11.4. The van der Waals surface area contributed by atoms with Crippen LogP contribution in [0.2, 0.25) is 0 Å². The van der Waals surface area contributed by atoms with Gasteiger partial charge in [0.05, 0.1) is 13.2 Å². The molecule has 3 aromatic rings. The van der Waals surface area contributed by atoms with E-state index in [9.17, 15) is 15.0 Å². The third-order valence-corrected chi connectivity index (χ3v) is 5.43. The van der Waals surface area contributed by atoms with Crippen molar-refractivity contribution in [1.29, 1.82) is 0 Å². The van der Waals surface area contributed by atoms with Crippen LogP contribution in [0.15, 0.2) is 78.9 Å². The van der Waals surface area contributed by atoms with E-state index in [1.54, 1.807) is 12.1 Å². The molecule has 0 aliphatic rings. The molecule has 3 unspecified atom stereocenters. The molecule has 0 heterocycles. The molecular formula is C27H31NO5. The lowest BCUT2D eigenvalue weighted by Crippen LogP contribution is -2.32. The number of carbonyl (C=O) groups is 1. The number of methoxy groups -OCH3 is 1. The Morgan fingerprint density at radius 2 is 1.52 bits per heavy atom. The SMILES string of the molecule is COC(=O)C(O)c1ccc(CC(C)NCC(O)c2ccc(OCc3ccccc3)cc2)cc1. The molecule has 3 N–H and O–H groups in total. The maximum Gasteiger partial charge on any atom is 0.339 e. The summed E-state index contributed by atoms with van der Waals surface area (Å²) in [6, 6.07) is 24.8. The predicted octanol–water partition coefficient (Wildman–Crippen LogP) is 3.73. The lowest BCUT2D eigenvalue weighted by Gasteiger charge is -2.18. The third-order valence-electron chi connectivity index (χ3n) is 5.43. The molecule has 6 heteroatoms. The van der Waals surface area contributed by atoms with Gasteiger partial charge in [-0.1, -0.05) is 66.7 Å². The number of hydrogen-bond donors (Lipinski definition) is 3. The second-order valence-electron chi connectivity index (χ2n) is 8.04. The molecule has 3 rings (SSSR count). The standard InChI is InChI=1S/C27H31NO5/c1-19(16-20-8-10-23(11-9-20)26(30)27(31)32-2)28-17-25(29)22-12-14-24(15-13-22)33-18-21-6-4-3-5-7-21/h3-15,19,25-26,28-30H,16-18H2,1-2H3. The van der Waals surface area contributed by atoms with Crippen molar-refractivity contribution in [2.75, 3.05) is 13.7 Å². The summed E-state index contributed by atoms with van der Waals surface area (Å²) in [7, 11) is 1.25. The Hall–Kier alpha value is -3.19. The lowest BCUT2D eigenvalue weighted by molar-refractivity contribution is -0.150. The van der Waals surface area contributed by atoms with Crippen LogP contribution < -0.4 is 10.1 Å². The van der Waals surface area contributed by atoms with E-state index in [1.165, 1.54) is 7.11 Å². The zero-order valence-electron chi connectivity index (χ0n) is 19.0. The molecular weight excluding hydrogens is 418 g/mol. The van der Waals surface area contributed by atoms with Crippen LogP contribution >= 0.6 is 0 Å². The minimum absolute atomic E-state index is 0.129. The van der Waals surface area contributed by atoms with Gasteiger partial charge in [0.2, 0.25) is 0 Å². The largest absolute Gasteiger partial charge is 0.489 e. The highest BCUT2D eigenvalue weighted by atomic mass is 16.5. The first-order valence-corrected chi connectivity index (χ1v) is 11.0. The van der Waals surface area contributed by atoms with Crippen molar-refractivity contribution in [3.63, 3.8) is 0 Å². The number of rotatable bonds is 11. The number of carbonyl (C=O) groups excluding carboxylic acids is 1. The van der Waals surface area contributed by atoms with Crippen LogP contribution in [0.5, 0.6) is 5.75 Å². The predicted molar refractivity (Wildman–Crippen MR) is 127 cm³/mol. The molecule has 0 saturated carbocycles. The van der Waals surface area contributed by atoms with E-state index in [4.69, 9.17) is 4.74 Å². The number of hydrogen-bond acceptors (Lipinski definition) is 6. The van der Waals surface area contributed by atoms with E-state index in [0.717, 1.165) is 28.9 Å². The van der Waals surface area contributed by atoms with Crippen LogP contribution in [0.3, 0.4) is 0 Å². The Morgan fingerprint density at radius 1 is 0.879 bits per heavy atom. The Labute approximate surface area is 194 Å². The maximum atomic E-state index is 11.4. The van der Waals surface area contributed by atoms with Crippen molar-refractivity contribution in [3.05, 3.63) is 101 Å². The molecule has 0 spiro atoms. The number of benzene rings is 3. The molecule has 0 fully saturated rings. The molecule has 0 radical (unpaired) electrons. The normalized spacial score (nSPS) is 13.7. The first-order chi connectivity index (χ1) is 16.0. The molecule has 0 saturated heterocycles. The van der Waals surface area contributed by atoms with E-state index in [-0.39, 0.29) is 6.04 Å². The maximum absolute atomic E-state index is 11.4. The van der Waals surface area contributed by atoms with Gasteiger partial charge < -0.3 is 25.0 Å². The summed E-state index contributed by atoms with van der Waals surface area (Å²) in [6.45, 7) is 2.97. The summed E-state index contributed by atoms with van der Waals surface area (Å²) in [5.41, 5.74) is 3.49. The quantitative estimate of drug-likeness (QED) is 0.387. The minimum Gasteiger partial charge on any atom is -0.489 e. The molecule has 0 aliphatic heterocycles. The van der Waals surface area contributed by atoms with E-state index < -0.39 is 18.2 Å². The Bertz CT molecular complexity index is 989. The van der Waals surface area contributed by atoms with Crippen molar-refractivity contribution in [3.8, 4) is 5.75 Å². The number of esters is 1. The second kappa shape index (κ2) is 12.2. The highest BCUT2D eigenvalue weighted by molar-refractivity contribution is 5.76. The average molecular weight is 450 g/mol. The zero-order valence-corrected chi connectivity index (χ0v) is 19.0. The smallest absolute Gasteiger partial charge is 0.339 e. The zero-order chi connectivity index (χ0) is 23.6. The minimum atomic E-state index is -1.27. The number of nitrogens with one attached hydrogen (secondary N) is 1. The molecule has 0 aliphatic carbocycles. The number of aliphatic hydroxyl groups is 2. The van der Waals surface area contributed by atoms with E-state index in [0.29, 0.717) is 18.7 Å². The highest BCUT2D eigenvalue weighted by Gasteiger charge is 2.17. The van der Waals surface area contributed by atoms with Crippen molar-refractivity contribution in [1.82, 2.24) is 5.32 Å². The fourth-order valence-corrected chi connectivity index (χ4v) is 3.47. The van der Waals surface area contributed by atoms with Crippen LogP contribution in [0.25, 0.3) is 0 Å². The van der Waals surface area contributed by atoms with Crippen LogP contribution in [0, 0.1) is 0 Å². The van der Waals surface area contributed by atoms with Gasteiger partial charge in [-0.05, 0) is 47.7 Å². The number of ether oxygens (including phenoxy) is 2. The molecule has 0 amide bonds. The van der Waals surface area contributed by atoms with Crippen LogP contribution in [0.4, 0.5) is 0 Å². The average Bonchev–Trinajstić information content (AvgIpc) is 2.86. The molecule has 0 aromatic heterocycles. The van der Waals surface area contributed by atoms with Crippen molar-refractivity contribution < 1.29 is 24.5 Å². The third kappa shape index (κ3) is 7.43. The van der Waals surface area contributed by atoms with Gasteiger partial charge in [0.1, 0.15) is 12.4 Å². The molecule has 33 heavy (non-hydrogen) atoms. The molecule has 0 bridgehead atoms. The molecule has 174 valence electrons. The van der Waals surface area contributed by atoms with E-state index >= 15 is 0 Å². The van der Waals surface area contributed by atoms with Gasteiger partial charge in [-0.15, -0.1) is 0 Å². The summed E-state index contributed by atoms with van der Waals surface area (Å²) >= 11 is 0. The van der Waals surface area contributed by atoms with Crippen molar-refractivity contribution in [2.45, 2.75) is 38.2 Å². The van der Waals surface area contributed by atoms with Gasteiger partial charge in [-0.25, -0.2) is 4.79 Å². The molecule has 3 atom stereocenters. The first kappa shape index (κ1) is 24.5. The van der Waals surface area contributed by atoms with E-state index in [1.807, 2.05) is 73.7 Å². The highest BCUT2D eigenvalue weighted by Crippen LogP contribution is 2.19. The lowest BCUT2D eigenvalue weighted by atomic mass is 10.0. The van der Waals surface area contributed by atoms with Crippen LogP contribution in [-0.4, -0.2) is 35.9 Å². The van der Waals surface area contributed by atoms with Gasteiger partial charge in [-0.3, -0.25) is 0 Å². The monoisotopic (exact) mass is 449 g/mol. The van der Waals surface area contributed by atoms with Gasteiger partial charge >= 0.3 is 5.97 Å². The summed E-state index contributed by atoms with van der Waals surface area (Å²) < 4.78 is 10.4. The Kier molecular flexibility index (Phi) is 9.01. The van der Waals surface area contributed by atoms with Gasteiger partial charge in [-0.2, -0.15) is 0 Å². The van der Waals surface area contributed by atoms with Crippen LogP contribution in [0.1, 0.15) is 41.4 Å². The van der Waals surface area contributed by atoms with E-state index in [2.05, 4.69) is 10.1 Å². The summed E-state index contributed by atoms with van der Waals surface area (Å²) in [6.07, 6.45) is -1.16. The Morgan fingerprint density at radius 3 is 2.15 bits per heavy atom. The Balaban J connectivity index is 1.44. The summed E-state index contributed by atoms with van der Waals surface area (Å²) in [5, 5.41) is 23.8. The van der Waals surface area contributed by atoms with Crippen molar-refractivity contribution >= 4 is 5.97 Å². The van der Waals surface area contributed by atoms with Crippen LogP contribution in [-0.2, 0) is 22.6 Å².